The molecule has 3 N–H and O–H groups in total. The highest BCUT2D eigenvalue weighted by atomic mass is 31.2. The average molecular weight is 758 g/mol. The third-order valence-corrected chi connectivity index (χ3v) is 10.7. The molecule has 52 heavy (non-hydrogen) atoms. The van der Waals surface area contributed by atoms with Crippen molar-refractivity contribution < 1.29 is 32.9 Å². The molecule has 3 atom stereocenters. The Morgan fingerprint density at radius 2 is 1.06 bits per heavy atom. The predicted molar refractivity (Wildman–Crippen MR) is 221 cm³/mol. The molecule has 0 fully saturated rings. The number of nitrogens with one attached hydrogen (secondary N) is 1. The van der Waals surface area contributed by atoms with E-state index in [1.165, 1.54) is 135 Å². The van der Waals surface area contributed by atoms with Gasteiger partial charge in [-0.3, -0.25) is 13.8 Å². The fraction of sp³-hybridized carbons (Fsp3) is 0.884. The van der Waals surface area contributed by atoms with Gasteiger partial charge in [0.05, 0.1) is 39.9 Å². The number of carbonyl (C=O) groups is 1. The normalized spacial score (nSPS) is 14.7. The Kier molecular flexibility index (Phi) is 35.0. The Hall–Kier alpha value is -1.02. The number of nitrogens with zero attached hydrogens (tertiary/aromatic N) is 1. The number of aliphatic hydroxyl groups excluding tert-OH is 1. The zero-order chi connectivity index (χ0) is 38.6. The molecule has 0 aromatic carbocycles. The Balaban J connectivity index is 4.45. The molecule has 0 spiro atoms. The lowest BCUT2D eigenvalue weighted by molar-refractivity contribution is -0.870. The topological polar surface area (TPSA) is 105 Å². The third kappa shape index (κ3) is 37.3. The molecule has 1 amide bonds. The zero-order valence-corrected chi connectivity index (χ0v) is 35.7. The smallest absolute Gasteiger partial charge is 0.387 e. The zero-order valence-electron chi connectivity index (χ0n) is 34.8. The molecular weight excluding hydrogens is 671 g/mol. The highest BCUT2D eigenvalue weighted by molar-refractivity contribution is 7.47. The molecule has 0 saturated heterocycles. The first kappa shape index (κ1) is 51.0. The van der Waals surface area contributed by atoms with Crippen LogP contribution in [0, 0.1) is 0 Å². The molecule has 8 nitrogen and oxygen atoms in total. The first-order chi connectivity index (χ1) is 25.0. The van der Waals surface area contributed by atoms with E-state index < -0.39 is 20.0 Å². The lowest BCUT2D eigenvalue weighted by atomic mass is 10.0. The fourth-order valence-electron chi connectivity index (χ4n) is 6.17. The summed E-state index contributed by atoms with van der Waals surface area (Å²) < 4.78 is 23.5. The monoisotopic (exact) mass is 758 g/mol. The van der Waals surface area contributed by atoms with E-state index in [4.69, 9.17) is 9.05 Å². The Labute approximate surface area is 322 Å². The van der Waals surface area contributed by atoms with Gasteiger partial charge in [0.15, 0.2) is 0 Å². The van der Waals surface area contributed by atoms with Gasteiger partial charge in [-0.2, -0.15) is 0 Å². The summed E-state index contributed by atoms with van der Waals surface area (Å²) in [7, 11) is 1.56. The van der Waals surface area contributed by atoms with Crippen molar-refractivity contribution >= 4 is 13.7 Å². The maximum absolute atomic E-state index is 12.8. The van der Waals surface area contributed by atoms with E-state index in [1.807, 2.05) is 27.2 Å². The van der Waals surface area contributed by atoms with Crippen molar-refractivity contribution in [1.82, 2.24) is 5.32 Å². The van der Waals surface area contributed by atoms with Gasteiger partial charge in [0.2, 0.25) is 5.91 Å². The highest BCUT2D eigenvalue weighted by Gasteiger charge is 2.27. The van der Waals surface area contributed by atoms with E-state index in [2.05, 4.69) is 31.3 Å². The summed E-state index contributed by atoms with van der Waals surface area (Å²) >= 11 is 0. The summed E-state index contributed by atoms with van der Waals surface area (Å²) in [6.07, 6.45) is 41.1. The molecule has 3 unspecified atom stereocenters. The summed E-state index contributed by atoms with van der Waals surface area (Å²) in [5.74, 6) is -0.188. The molecular formula is C43H86N2O6P+. The van der Waals surface area contributed by atoms with Gasteiger partial charge in [-0.25, -0.2) is 4.57 Å². The van der Waals surface area contributed by atoms with E-state index in [1.54, 1.807) is 6.08 Å². The molecule has 0 bridgehead atoms. The van der Waals surface area contributed by atoms with Gasteiger partial charge in [-0.05, 0) is 32.1 Å². The first-order valence-corrected chi connectivity index (χ1v) is 23.2. The van der Waals surface area contributed by atoms with Gasteiger partial charge in [0.1, 0.15) is 13.2 Å². The van der Waals surface area contributed by atoms with Crippen molar-refractivity contribution in [2.45, 2.75) is 206 Å². The summed E-state index contributed by atoms with van der Waals surface area (Å²) in [6, 6.07) is -0.856. The minimum Gasteiger partial charge on any atom is -0.387 e. The second kappa shape index (κ2) is 35.7. The van der Waals surface area contributed by atoms with Gasteiger partial charge >= 0.3 is 7.82 Å². The number of aliphatic hydroxyl groups is 1. The van der Waals surface area contributed by atoms with Crippen molar-refractivity contribution in [2.75, 3.05) is 40.9 Å². The summed E-state index contributed by atoms with van der Waals surface area (Å²) in [6.45, 7) is 4.78. The van der Waals surface area contributed by atoms with Gasteiger partial charge in [-0.1, -0.05) is 179 Å². The van der Waals surface area contributed by atoms with Crippen LogP contribution in [0.3, 0.4) is 0 Å². The number of carbonyl (C=O) groups excluding carboxylic acids is 1. The number of phosphoric ester groups is 1. The van der Waals surface area contributed by atoms with Crippen molar-refractivity contribution in [3.05, 3.63) is 24.3 Å². The predicted octanol–water partition coefficient (Wildman–Crippen LogP) is 11.7. The van der Waals surface area contributed by atoms with E-state index in [-0.39, 0.29) is 19.1 Å². The van der Waals surface area contributed by atoms with E-state index in [0.717, 1.165) is 38.5 Å². The van der Waals surface area contributed by atoms with Crippen LogP contribution in [0.25, 0.3) is 0 Å². The number of hydrogen-bond acceptors (Lipinski definition) is 5. The second-order valence-electron chi connectivity index (χ2n) is 16.1. The van der Waals surface area contributed by atoms with Gasteiger partial charge in [0, 0.05) is 6.42 Å². The van der Waals surface area contributed by atoms with Crippen molar-refractivity contribution in [1.29, 1.82) is 0 Å². The van der Waals surface area contributed by atoms with Crippen LogP contribution >= 0.6 is 7.82 Å². The molecule has 0 aliphatic heterocycles. The van der Waals surface area contributed by atoms with Gasteiger partial charge in [-0.15, -0.1) is 0 Å². The van der Waals surface area contributed by atoms with Crippen molar-refractivity contribution in [2.24, 2.45) is 0 Å². The maximum atomic E-state index is 12.8. The molecule has 0 rings (SSSR count). The number of allylic oxidation sites excluding steroid dienone is 3. The second-order valence-corrected chi connectivity index (χ2v) is 17.5. The van der Waals surface area contributed by atoms with Crippen molar-refractivity contribution in [3.8, 4) is 0 Å². The SMILES string of the molecule is CCCCCCCCCCCCCCC/C=C/CC/C=C/C(O)C(COP(=O)(O)OCC[N+](C)(C)C)NC(=O)CCCCCCCCCCCCC. The summed E-state index contributed by atoms with van der Waals surface area (Å²) in [5, 5.41) is 13.8. The number of phosphoric acid groups is 1. The third-order valence-electron chi connectivity index (χ3n) is 9.67. The first-order valence-electron chi connectivity index (χ1n) is 21.7. The molecule has 0 saturated carbocycles. The Morgan fingerprint density at radius 1 is 0.635 bits per heavy atom. The number of amides is 1. The lowest BCUT2D eigenvalue weighted by Crippen LogP contribution is -2.45. The van der Waals surface area contributed by atoms with Crippen LogP contribution in [0.15, 0.2) is 24.3 Å². The minimum atomic E-state index is -4.34. The molecule has 0 aromatic rings. The molecule has 9 heteroatoms. The molecule has 0 aromatic heterocycles. The number of hydrogen-bond donors (Lipinski definition) is 3. The average Bonchev–Trinajstić information content (AvgIpc) is 3.09. The molecule has 0 aliphatic carbocycles. The molecule has 0 radical (unpaired) electrons. The number of unbranched alkanes of at least 4 members (excludes halogenated alkanes) is 24. The van der Waals surface area contributed by atoms with Crippen LogP contribution in [-0.4, -0.2) is 73.4 Å². The summed E-state index contributed by atoms with van der Waals surface area (Å²) in [5.41, 5.74) is 0. The number of likely N-dealkylation sites (N-methyl/N-ethyl adjacent to an activating group) is 1. The molecule has 308 valence electrons. The van der Waals surface area contributed by atoms with Gasteiger partial charge in [0.25, 0.3) is 0 Å². The standard InChI is InChI=1S/C43H85N2O6P/c1-6-8-10-12-14-16-18-19-20-21-22-23-24-25-27-28-30-32-34-36-42(46)41(40-51-52(48,49)50-39-38-45(3,4)5)44-43(47)37-35-33-31-29-26-17-15-13-11-9-7-2/h27-28,34,36,41-42,46H,6-26,29-33,35,37-40H2,1-5H3,(H-,44,47,48,49)/p+1/b28-27+,36-34+. The lowest BCUT2D eigenvalue weighted by Gasteiger charge is -2.25. The quantitative estimate of drug-likeness (QED) is 0.0250. The van der Waals surface area contributed by atoms with Gasteiger partial charge < -0.3 is 19.8 Å². The maximum Gasteiger partial charge on any atom is 0.472 e. The van der Waals surface area contributed by atoms with E-state index in [9.17, 15) is 19.4 Å². The van der Waals surface area contributed by atoms with Crippen molar-refractivity contribution in [3.63, 3.8) is 0 Å². The molecule has 0 aliphatic rings. The molecule has 0 heterocycles. The van der Waals surface area contributed by atoms with Crippen LogP contribution < -0.4 is 5.32 Å². The van der Waals surface area contributed by atoms with Crippen LogP contribution in [0.4, 0.5) is 0 Å². The Morgan fingerprint density at radius 3 is 1.54 bits per heavy atom. The van der Waals surface area contributed by atoms with Crippen LogP contribution in [0.1, 0.15) is 194 Å². The summed E-state index contributed by atoms with van der Waals surface area (Å²) in [4.78, 5) is 23.0. The van der Waals surface area contributed by atoms with Crippen LogP contribution in [-0.2, 0) is 18.4 Å². The highest BCUT2D eigenvalue weighted by Crippen LogP contribution is 2.43. The number of quaternary nitrogens is 1. The van der Waals surface area contributed by atoms with E-state index in [0.29, 0.717) is 17.4 Å². The minimum absolute atomic E-state index is 0.0580. The van der Waals surface area contributed by atoms with Crippen LogP contribution in [0.2, 0.25) is 0 Å². The van der Waals surface area contributed by atoms with E-state index >= 15 is 0 Å². The number of rotatable bonds is 39. The largest absolute Gasteiger partial charge is 0.472 e. The van der Waals surface area contributed by atoms with Crippen LogP contribution in [0.5, 0.6) is 0 Å². The Bertz CT molecular complexity index is 907. The fourth-order valence-corrected chi connectivity index (χ4v) is 6.91.